The van der Waals surface area contributed by atoms with Gasteiger partial charge in [-0.15, -0.1) is 0 Å². The Morgan fingerprint density at radius 1 is 1.12 bits per heavy atom. The van der Waals surface area contributed by atoms with E-state index in [9.17, 15) is 5.11 Å². The molecule has 6 heteroatoms. The van der Waals surface area contributed by atoms with Gasteiger partial charge in [-0.1, -0.05) is 41.9 Å². The molecule has 0 aliphatic carbocycles. The van der Waals surface area contributed by atoms with Gasteiger partial charge in [0.05, 0.1) is 16.3 Å². The van der Waals surface area contributed by atoms with Gasteiger partial charge in [-0.05, 0) is 17.7 Å². The molecular formula is C18H17ClN4O. The topological polar surface area (TPSA) is 54.2 Å². The van der Waals surface area contributed by atoms with E-state index in [4.69, 9.17) is 11.6 Å². The number of rotatable bonds is 3. The van der Waals surface area contributed by atoms with Gasteiger partial charge in [0.15, 0.2) is 5.82 Å². The normalized spacial score (nSPS) is 14.5. The lowest BCUT2D eigenvalue weighted by molar-refractivity contribution is 0.241. The Morgan fingerprint density at radius 3 is 2.71 bits per heavy atom. The molecule has 24 heavy (non-hydrogen) atoms. The summed E-state index contributed by atoms with van der Waals surface area (Å²) in [4.78, 5) is 6.55. The third-order valence-electron chi connectivity index (χ3n) is 4.26. The van der Waals surface area contributed by atoms with E-state index in [-0.39, 0.29) is 5.88 Å². The highest BCUT2D eigenvalue weighted by Crippen LogP contribution is 2.29. The Hall–Kier alpha value is -2.37. The fourth-order valence-electron chi connectivity index (χ4n) is 3.04. The summed E-state index contributed by atoms with van der Waals surface area (Å²) >= 11 is 5.87. The van der Waals surface area contributed by atoms with Crippen molar-refractivity contribution in [3.8, 4) is 11.7 Å². The van der Waals surface area contributed by atoms with Crippen LogP contribution in [0.2, 0.25) is 5.02 Å². The van der Waals surface area contributed by atoms with Crippen LogP contribution in [0.4, 0.5) is 0 Å². The lowest BCUT2D eigenvalue weighted by Gasteiger charge is -2.26. The molecule has 0 saturated carbocycles. The van der Waals surface area contributed by atoms with Crippen LogP contribution in [0.1, 0.15) is 16.8 Å². The summed E-state index contributed by atoms with van der Waals surface area (Å²) in [5.74, 6) is 0.735. The summed E-state index contributed by atoms with van der Waals surface area (Å²) < 4.78 is 1.49. The van der Waals surface area contributed by atoms with E-state index in [0.717, 1.165) is 30.8 Å². The van der Waals surface area contributed by atoms with Gasteiger partial charge >= 0.3 is 0 Å². The molecule has 5 nitrogen and oxygen atoms in total. The predicted molar refractivity (Wildman–Crippen MR) is 92.3 cm³/mol. The first kappa shape index (κ1) is 15.2. The molecule has 4 rings (SSSR count). The minimum absolute atomic E-state index is 0.164. The summed E-state index contributed by atoms with van der Waals surface area (Å²) in [5.41, 5.74) is 3.09. The fraction of sp³-hybridized carbons (Fsp3) is 0.222. The van der Waals surface area contributed by atoms with Crippen LogP contribution in [0, 0.1) is 0 Å². The third-order valence-corrected chi connectivity index (χ3v) is 4.49. The van der Waals surface area contributed by atoms with Crippen molar-refractivity contribution < 1.29 is 5.11 Å². The van der Waals surface area contributed by atoms with Crippen LogP contribution >= 0.6 is 11.6 Å². The molecule has 2 aromatic heterocycles. The lowest BCUT2D eigenvalue weighted by Crippen LogP contribution is -2.29. The third kappa shape index (κ3) is 2.88. The first-order valence-corrected chi connectivity index (χ1v) is 8.26. The standard InChI is InChI=1S/C18H17ClN4O/c19-14-6-7-17(20-10-14)23-18(24)15-12-22(9-8-16(15)21-23)11-13-4-2-1-3-5-13/h1-7,10,24H,8-9,11-12H2. The maximum absolute atomic E-state index is 10.6. The smallest absolute Gasteiger partial charge is 0.220 e. The van der Waals surface area contributed by atoms with Crippen molar-refractivity contribution in [1.29, 1.82) is 0 Å². The summed E-state index contributed by atoms with van der Waals surface area (Å²) in [7, 11) is 0. The Labute approximate surface area is 145 Å². The monoisotopic (exact) mass is 340 g/mol. The number of hydrogen-bond acceptors (Lipinski definition) is 4. The first-order valence-electron chi connectivity index (χ1n) is 7.88. The number of halogens is 1. The summed E-state index contributed by atoms with van der Waals surface area (Å²) in [6.07, 6.45) is 2.37. The summed E-state index contributed by atoms with van der Waals surface area (Å²) in [6.45, 7) is 2.47. The van der Waals surface area contributed by atoms with Gasteiger partial charge in [0, 0.05) is 32.3 Å². The van der Waals surface area contributed by atoms with Gasteiger partial charge in [-0.25, -0.2) is 4.98 Å². The van der Waals surface area contributed by atoms with Crippen LogP contribution in [0.3, 0.4) is 0 Å². The Kier molecular flexibility index (Phi) is 3.96. The molecule has 1 aromatic carbocycles. The largest absolute Gasteiger partial charge is 0.493 e. The van der Waals surface area contributed by atoms with Crippen LogP contribution in [-0.2, 0) is 19.5 Å². The van der Waals surface area contributed by atoms with E-state index in [1.54, 1.807) is 18.3 Å². The van der Waals surface area contributed by atoms with Gasteiger partial charge in [0.1, 0.15) is 0 Å². The van der Waals surface area contributed by atoms with Gasteiger partial charge < -0.3 is 5.11 Å². The number of fused-ring (bicyclic) bond motifs is 1. The van der Waals surface area contributed by atoms with Crippen LogP contribution in [0.25, 0.3) is 5.82 Å². The Bertz CT molecular complexity index is 845. The minimum atomic E-state index is 0.164. The summed E-state index contributed by atoms with van der Waals surface area (Å²) in [5, 5.41) is 15.7. The molecule has 1 aliphatic heterocycles. The average molecular weight is 341 g/mol. The van der Waals surface area contributed by atoms with Crippen molar-refractivity contribution in [2.75, 3.05) is 6.54 Å². The quantitative estimate of drug-likeness (QED) is 0.795. The number of nitrogens with zero attached hydrogens (tertiary/aromatic N) is 4. The Balaban J connectivity index is 1.59. The van der Waals surface area contributed by atoms with Crippen molar-refractivity contribution in [1.82, 2.24) is 19.7 Å². The predicted octanol–water partition coefficient (Wildman–Crippen LogP) is 3.18. The molecule has 0 atom stereocenters. The molecule has 0 unspecified atom stereocenters. The average Bonchev–Trinajstić information content (AvgIpc) is 2.93. The molecule has 0 fully saturated rings. The zero-order chi connectivity index (χ0) is 16.5. The molecular weight excluding hydrogens is 324 g/mol. The number of benzene rings is 1. The van der Waals surface area contributed by atoms with Gasteiger partial charge in [0.2, 0.25) is 5.88 Å². The van der Waals surface area contributed by atoms with E-state index in [2.05, 4.69) is 27.1 Å². The van der Waals surface area contributed by atoms with Crippen molar-refractivity contribution in [2.24, 2.45) is 0 Å². The molecule has 122 valence electrons. The number of aromatic hydroxyl groups is 1. The van der Waals surface area contributed by atoms with Crippen molar-refractivity contribution in [3.05, 3.63) is 70.5 Å². The van der Waals surface area contributed by atoms with E-state index >= 15 is 0 Å². The first-order chi connectivity index (χ1) is 11.7. The van der Waals surface area contributed by atoms with E-state index in [1.165, 1.54) is 10.2 Å². The maximum Gasteiger partial charge on any atom is 0.220 e. The molecule has 0 amide bonds. The molecule has 0 spiro atoms. The maximum atomic E-state index is 10.6. The van der Waals surface area contributed by atoms with E-state index < -0.39 is 0 Å². The van der Waals surface area contributed by atoms with Gasteiger partial charge in [0.25, 0.3) is 0 Å². The van der Waals surface area contributed by atoms with E-state index in [1.807, 2.05) is 18.2 Å². The second-order valence-electron chi connectivity index (χ2n) is 5.94. The second-order valence-corrected chi connectivity index (χ2v) is 6.38. The fourth-order valence-corrected chi connectivity index (χ4v) is 3.16. The SMILES string of the molecule is Oc1c2c(nn1-c1ccc(Cl)cn1)CCN(Cc1ccccc1)C2. The highest BCUT2D eigenvalue weighted by atomic mass is 35.5. The molecule has 0 radical (unpaired) electrons. The van der Waals surface area contributed by atoms with Crippen molar-refractivity contribution in [3.63, 3.8) is 0 Å². The van der Waals surface area contributed by atoms with Crippen molar-refractivity contribution >= 4 is 11.6 Å². The highest BCUT2D eigenvalue weighted by molar-refractivity contribution is 6.30. The second kappa shape index (κ2) is 6.26. The zero-order valence-electron chi connectivity index (χ0n) is 13.1. The highest BCUT2D eigenvalue weighted by Gasteiger charge is 2.25. The molecule has 3 heterocycles. The molecule has 1 aliphatic rings. The number of pyridine rings is 1. The number of hydrogen-bond donors (Lipinski definition) is 1. The molecule has 3 aromatic rings. The van der Waals surface area contributed by atoms with Crippen LogP contribution in [-0.4, -0.2) is 31.3 Å². The van der Waals surface area contributed by atoms with Crippen LogP contribution < -0.4 is 0 Å². The molecule has 0 bridgehead atoms. The van der Waals surface area contributed by atoms with E-state index in [0.29, 0.717) is 17.4 Å². The number of aromatic nitrogens is 3. The molecule has 1 N–H and O–H groups in total. The minimum Gasteiger partial charge on any atom is -0.493 e. The zero-order valence-corrected chi connectivity index (χ0v) is 13.8. The van der Waals surface area contributed by atoms with Gasteiger partial charge in [-0.2, -0.15) is 9.78 Å². The molecule has 0 saturated heterocycles. The Morgan fingerprint density at radius 2 is 1.96 bits per heavy atom. The summed E-state index contributed by atoms with van der Waals surface area (Å²) in [6, 6.07) is 13.9. The van der Waals surface area contributed by atoms with Gasteiger partial charge in [-0.3, -0.25) is 4.90 Å². The lowest BCUT2D eigenvalue weighted by atomic mass is 10.1. The van der Waals surface area contributed by atoms with Crippen LogP contribution in [0.15, 0.2) is 48.7 Å². The van der Waals surface area contributed by atoms with Crippen molar-refractivity contribution in [2.45, 2.75) is 19.5 Å². The van der Waals surface area contributed by atoms with Crippen LogP contribution in [0.5, 0.6) is 5.88 Å².